The maximum absolute atomic E-state index is 10.1. The molecule has 0 bridgehead atoms. The van der Waals surface area contributed by atoms with E-state index in [0.717, 1.165) is 71.5 Å². The molecule has 0 aliphatic heterocycles. The molecule has 4 rings (SSSR count). The third-order valence-corrected chi connectivity index (χ3v) is 8.58. The van der Waals surface area contributed by atoms with Crippen LogP contribution in [0.5, 0.6) is 0 Å². The minimum atomic E-state index is -1.20. The summed E-state index contributed by atoms with van der Waals surface area (Å²) in [6, 6.07) is 5.30. The summed E-state index contributed by atoms with van der Waals surface area (Å²) < 4.78 is 15.8. The number of imidazole rings is 1. The van der Waals surface area contributed by atoms with Crippen molar-refractivity contribution in [3.05, 3.63) is 29.2 Å². The Morgan fingerprint density at radius 1 is 1.14 bits per heavy atom. The van der Waals surface area contributed by atoms with Gasteiger partial charge in [0.2, 0.25) is 0 Å². The summed E-state index contributed by atoms with van der Waals surface area (Å²) in [7, 11) is 0.481. The lowest BCUT2D eigenvalue weighted by molar-refractivity contribution is 0.0907. The van der Waals surface area contributed by atoms with Gasteiger partial charge >= 0.3 is 0 Å². The average Bonchev–Trinajstić information content (AvgIpc) is 3.46. The number of nitrogens with zero attached hydrogens (tertiary/aromatic N) is 5. The van der Waals surface area contributed by atoms with Crippen molar-refractivity contribution in [3.8, 4) is 11.5 Å². The predicted molar refractivity (Wildman–Crippen MR) is 146 cm³/mol. The molecule has 0 aromatic carbocycles. The minimum Gasteiger partial charge on any atom is -0.393 e. The van der Waals surface area contributed by atoms with E-state index in [1.807, 2.05) is 13.0 Å². The Balaban J connectivity index is 1.82. The summed E-state index contributed by atoms with van der Waals surface area (Å²) in [5, 5.41) is 15.2. The Hall–Kier alpha value is -2.07. The second-order valence-electron chi connectivity index (χ2n) is 12.4. The molecule has 2 unspecified atom stereocenters. The summed E-state index contributed by atoms with van der Waals surface area (Å²) >= 11 is 0. The van der Waals surface area contributed by atoms with Gasteiger partial charge in [0.25, 0.3) is 0 Å². The monoisotopic (exact) mass is 513 g/mol. The number of rotatable bonds is 9. The molecule has 198 valence electrons. The van der Waals surface area contributed by atoms with Crippen LogP contribution < -0.4 is 0 Å². The zero-order chi connectivity index (χ0) is 26.3. The molecule has 2 atom stereocenters. The van der Waals surface area contributed by atoms with Crippen molar-refractivity contribution in [1.82, 2.24) is 24.3 Å². The van der Waals surface area contributed by atoms with E-state index in [4.69, 9.17) is 24.5 Å². The quantitative estimate of drug-likeness (QED) is 0.303. The zero-order valence-corrected chi connectivity index (χ0v) is 24.3. The molecule has 9 heteroatoms. The first kappa shape index (κ1) is 27.0. The molecule has 8 nitrogen and oxygen atoms in total. The number of methoxy groups -OCH3 is 1. The normalized spacial score (nSPS) is 19.0. The first-order chi connectivity index (χ1) is 16.9. The van der Waals surface area contributed by atoms with Crippen LogP contribution in [0.1, 0.15) is 63.0 Å². The Morgan fingerprint density at radius 2 is 1.89 bits per heavy atom. The number of pyridine rings is 1. The zero-order valence-electron chi connectivity index (χ0n) is 23.3. The smallest absolute Gasteiger partial charge is 0.161 e. The highest BCUT2D eigenvalue weighted by Crippen LogP contribution is 2.38. The van der Waals surface area contributed by atoms with E-state index in [2.05, 4.69) is 55.7 Å². The number of hydrogen-bond donors (Lipinski definition) is 1. The van der Waals surface area contributed by atoms with Gasteiger partial charge in [-0.05, 0) is 65.1 Å². The maximum Gasteiger partial charge on any atom is 0.161 e. The Labute approximate surface area is 216 Å². The van der Waals surface area contributed by atoms with E-state index >= 15 is 0 Å². The molecule has 1 N–H and O–H groups in total. The van der Waals surface area contributed by atoms with Crippen molar-refractivity contribution < 1.29 is 14.6 Å². The van der Waals surface area contributed by atoms with Crippen LogP contribution in [0.4, 0.5) is 0 Å². The van der Waals surface area contributed by atoms with Crippen LogP contribution in [-0.4, -0.2) is 57.3 Å². The Morgan fingerprint density at radius 3 is 2.50 bits per heavy atom. The minimum absolute atomic E-state index is 0.235. The Kier molecular flexibility index (Phi) is 7.76. The number of aromatic nitrogens is 5. The van der Waals surface area contributed by atoms with E-state index in [9.17, 15) is 5.11 Å². The standard InChI is InChI=1S/C27H43N5O3Si/c1-18-25-23(14-20(28-18)16-34-5)29-26(31(25)17-35-11-12-36(6,7)8)24-15-22(19-9-10-21(33)13-19)30-32(24)27(2,3)4/h14-15,19,21,33H,9-13,16-17H2,1-8H3. The van der Waals surface area contributed by atoms with Crippen molar-refractivity contribution in [2.45, 2.75) is 104 Å². The molecule has 0 spiro atoms. The third-order valence-electron chi connectivity index (χ3n) is 6.88. The van der Waals surface area contributed by atoms with E-state index < -0.39 is 8.07 Å². The number of fused-ring (bicyclic) bond motifs is 1. The van der Waals surface area contributed by atoms with E-state index in [-0.39, 0.29) is 17.6 Å². The summed E-state index contributed by atoms with van der Waals surface area (Å²) in [6.45, 7) is 17.2. The Bertz CT molecular complexity index is 1200. The SMILES string of the molecule is COCc1cc2nc(-c3cc(C4CCC(O)C4)nn3C(C)(C)C)n(COCC[Si](C)(C)C)c2c(C)n1. The molecule has 0 saturated heterocycles. The van der Waals surface area contributed by atoms with Gasteiger partial charge in [0.05, 0.1) is 46.4 Å². The molecule has 1 aliphatic rings. The van der Waals surface area contributed by atoms with Gasteiger partial charge in [-0.25, -0.2) is 4.98 Å². The molecule has 1 aliphatic carbocycles. The van der Waals surface area contributed by atoms with E-state index in [0.29, 0.717) is 13.3 Å². The number of hydrogen-bond acceptors (Lipinski definition) is 6. The number of aryl methyl sites for hydroxylation is 1. The lowest BCUT2D eigenvalue weighted by Gasteiger charge is -2.23. The highest BCUT2D eigenvalue weighted by atomic mass is 28.3. The molecule has 3 aromatic heterocycles. The molecule has 3 aromatic rings. The van der Waals surface area contributed by atoms with Gasteiger partial charge < -0.3 is 14.6 Å². The van der Waals surface area contributed by atoms with Crippen LogP contribution >= 0.6 is 0 Å². The van der Waals surface area contributed by atoms with Gasteiger partial charge in [-0.2, -0.15) is 5.10 Å². The van der Waals surface area contributed by atoms with Gasteiger partial charge in [-0.3, -0.25) is 14.2 Å². The molecule has 1 fully saturated rings. The first-order valence-electron chi connectivity index (χ1n) is 13.1. The van der Waals surface area contributed by atoms with Crippen molar-refractivity contribution in [1.29, 1.82) is 0 Å². The van der Waals surface area contributed by atoms with Crippen LogP contribution in [0.3, 0.4) is 0 Å². The predicted octanol–water partition coefficient (Wildman–Crippen LogP) is 5.45. The van der Waals surface area contributed by atoms with Crippen LogP contribution in [0.25, 0.3) is 22.6 Å². The topological polar surface area (TPSA) is 87.2 Å². The fraction of sp³-hybridized carbons (Fsp3) is 0.667. The maximum atomic E-state index is 10.1. The average molecular weight is 514 g/mol. The highest BCUT2D eigenvalue weighted by Gasteiger charge is 2.31. The van der Waals surface area contributed by atoms with Crippen molar-refractivity contribution in [2.24, 2.45) is 0 Å². The van der Waals surface area contributed by atoms with E-state index in [1.165, 1.54) is 0 Å². The number of aliphatic hydroxyl groups is 1. The van der Waals surface area contributed by atoms with Gasteiger partial charge in [-0.15, -0.1) is 0 Å². The van der Waals surface area contributed by atoms with Crippen LogP contribution in [-0.2, 0) is 28.4 Å². The van der Waals surface area contributed by atoms with Gasteiger partial charge in [0.1, 0.15) is 12.4 Å². The first-order valence-corrected chi connectivity index (χ1v) is 16.8. The van der Waals surface area contributed by atoms with Crippen LogP contribution in [0.15, 0.2) is 12.1 Å². The lowest BCUT2D eigenvalue weighted by Crippen LogP contribution is -2.25. The lowest BCUT2D eigenvalue weighted by atomic mass is 10.0. The second-order valence-corrected chi connectivity index (χ2v) is 18.0. The summed E-state index contributed by atoms with van der Waals surface area (Å²) in [5.41, 5.74) is 5.41. The molecule has 3 heterocycles. The van der Waals surface area contributed by atoms with Crippen LogP contribution in [0, 0.1) is 6.92 Å². The molecule has 0 amide bonds. The summed E-state index contributed by atoms with van der Waals surface area (Å²) in [4.78, 5) is 9.92. The number of ether oxygens (including phenoxy) is 2. The van der Waals surface area contributed by atoms with Crippen LogP contribution in [0.2, 0.25) is 25.7 Å². The highest BCUT2D eigenvalue weighted by molar-refractivity contribution is 6.76. The van der Waals surface area contributed by atoms with E-state index in [1.54, 1.807) is 7.11 Å². The number of aliphatic hydroxyl groups excluding tert-OH is 1. The molecule has 1 saturated carbocycles. The molecule has 36 heavy (non-hydrogen) atoms. The molecular weight excluding hydrogens is 470 g/mol. The van der Waals surface area contributed by atoms with Crippen molar-refractivity contribution in [2.75, 3.05) is 13.7 Å². The third kappa shape index (κ3) is 5.90. The fourth-order valence-corrected chi connectivity index (χ4v) is 5.74. The fourth-order valence-electron chi connectivity index (χ4n) is 4.98. The summed E-state index contributed by atoms with van der Waals surface area (Å²) in [6.07, 6.45) is 2.32. The molecular formula is C27H43N5O3Si. The molecule has 0 radical (unpaired) electrons. The van der Waals surface area contributed by atoms with Crippen molar-refractivity contribution >= 4 is 19.1 Å². The largest absolute Gasteiger partial charge is 0.393 e. The summed E-state index contributed by atoms with van der Waals surface area (Å²) in [5.74, 6) is 1.11. The van der Waals surface area contributed by atoms with Gasteiger partial charge in [0.15, 0.2) is 5.82 Å². The second kappa shape index (κ2) is 10.4. The van der Waals surface area contributed by atoms with Gasteiger partial charge in [0, 0.05) is 27.7 Å². The van der Waals surface area contributed by atoms with Crippen molar-refractivity contribution in [3.63, 3.8) is 0 Å². The van der Waals surface area contributed by atoms with Gasteiger partial charge in [-0.1, -0.05) is 19.6 Å².